The first-order valence-electron chi connectivity index (χ1n) is 12.7. The molecule has 0 atom stereocenters. The van der Waals surface area contributed by atoms with Gasteiger partial charge in [0.05, 0.1) is 12.5 Å². The van der Waals surface area contributed by atoms with Gasteiger partial charge in [-0.05, 0) is 11.5 Å². The molecule has 5 aromatic rings. The fourth-order valence-electron chi connectivity index (χ4n) is 4.95. The van der Waals surface area contributed by atoms with Gasteiger partial charge in [0.1, 0.15) is 22.0 Å². The van der Waals surface area contributed by atoms with Crippen LogP contribution in [0.3, 0.4) is 0 Å². The molecule has 0 saturated carbocycles. The van der Waals surface area contributed by atoms with Gasteiger partial charge in [-0.15, -0.1) is 17.8 Å². The third kappa shape index (κ3) is 4.83. The number of pyridine rings is 1. The third-order valence-electron chi connectivity index (χ3n) is 6.91. The Morgan fingerprint density at radius 2 is 1.90 bits per heavy atom. The predicted molar refractivity (Wildman–Crippen MR) is 155 cm³/mol. The minimum Gasteiger partial charge on any atom is -0.467 e. The van der Waals surface area contributed by atoms with E-state index in [1.807, 2.05) is 29.2 Å². The number of rotatable bonds is 5. The number of fused-ring (bicyclic) bond motifs is 2. The van der Waals surface area contributed by atoms with Crippen molar-refractivity contribution in [1.82, 2.24) is 24.8 Å². The van der Waals surface area contributed by atoms with Crippen molar-refractivity contribution in [3.8, 4) is 29.6 Å². The first-order valence-corrected chi connectivity index (χ1v) is 13.6. The number of methoxy groups -OCH3 is 1. The van der Waals surface area contributed by atoms with Crippen LogP contribution in [0.25, 0.3) is 39.0 Å². The van der Waals surface area contributed by atoms with Gasteiger partial charge >= 0.3 is 6.01 Å². The van der Waals surface area contributed by atoms with Gasteiger partial charge in [-0.25, -0.2) is 13.8 Å². The number of thiazole rings is 1. The van der Waals surface area contributed by atoms with Gasteiger partial charge < -0.3 is 14.5 Å². The van der Waals surface area contributed by atoms with Crippen molar-refractivity contribution >= 4 is 50.8 Å². The monoisotopic (exact) mass is 568 g/mol. The lowest BCUT2D eigenvalue weighted by Crippen LogP contribution is -2.49. The van der Waals surface area contributed by atoms with Crippen LogP contribution in [0.15, 0.2) is 60.0 Å². The summed E-state index contributed by atoms with van der Waals surface area (Å²) in [5.41, 5.74) is 1.33. The number of carbonyl (C=O) groups is 1. The summed E-state index contributed by atoms with van der Waals surface area (Å²) < 4.78 is 36.1. The van der Waals surface area contributed by atoms with Crippen molar-refractivity contribution in [1.29, 1.82) is 0 Å². The van der Waals surface area contributed by atoms with E-state index >= 15 is 4.39 Å². The molecule has 1 saturated heterocycles. The first-order chi connectivity index (χ1) is 20.0. The summed E-state index contributed by atoms with van der Waals surface area (Å²) in [6.45, 7) is 1.16. The summed E-state index contributed by atoms with van der Waals surface area (Å²) in [7, 11) is 1.41. The second-order valence-corrected chi connectivity index (χ2v) is 10.1. The van der Waals surface area contributed by atoms with E-state index in [2.05, 4.69) is 25.9 Å². The van der Waals surface area contributed by atoms with Gasteiger partial charge in [0.15, 0.2) is 11.6 Å². The van der Waals surface area contributed by atoms with E-state index in [1.165, 1.54) is 29.5 Å². The number of piperazine rings is 1. The van der Waals surface area contributed by atoms with Crippen LogP contribution in [0.2, 0.25) is 0 Å². The van der Waals surface area contributed by atoms with E-state index in [0.717, 1.165) is 16.8 Å². The number of aromatic nitrogens is 4. The molecule has 3 aromatic heterocycles. The van der Waals surface area contributed by atoms with E-state index in [0.29, 0.717) is 40.4 Å². The molecule has 0 bridgehead atoms. The van der Waals surface area contributed by atoms with Gasteiger partial charge in [0.2, 0.25) is 0 Å². The van der Waals surface area contributed by atoms with Crippen molar-refractivity contribution in [2.24, 2.45) is 0 Å². The average Bonchev–Trinajstić information content (AvgIpc) is 3.53. The van der Waals surface area contributed by atoms with Gasteiger partial charge in [-0.3, -0.25) is 9.78 Å². The fraction of sp³-hybridized carbons (Fsp3) is 0.167. The minimum atomic E-state index is -0.872. The molecule has 0 aliphatic carbocycles. The van der Waals surface area contributed by atoms with E-state index in [9.17, 15) is 9.18 Å². The van der Waals surface area contributed by atoms with Crippen LogP contribution in [0, 0.1) is 18.2 Å². The molecule has 1 amide bonds. The summed E-state index contributed by atoms with van der Waals surface area (Å²) in [6.07, 6.45) is 9.97. The van der Waals surface area contributed by atoms with Crippen LogP contribution in [-0.4, -0.2) is 64.0 Å². The van der Waals surface area contributed by atoms with Gasteiger partial charge in [0, 0.05) is 66.5 Å². The van der Waals surface area contributed by atoms with E-state index in [1.54, 1.807) is 23.7 Å². The number of carbonyl (C=O) groups excluding carboxylic acids is 1. The first kappa shape index (κ1) is 26.3. The quantitative estimate of drug-likeness (QED) is 0.216. The van der Waals surface area contributed by atoms with Gasteiger partial charge in [-0.2, -0.15) is 9.97 Å². The number of terminal acetylenes is 1. The highest BCUT2D eigenvalue weighted by atomic mass is 32.1. The second kappa shape index (κ2) is 10.9. The molecule has 0 N–H and O–H groups in total. The fourth-order valence-corrected chi connectivity index (χ4v) is 5.50. The van der Waals surface area contributed by atoms with Crippen LogP contribution in [0.1, 0.15) is 10.6 Å². The Kier molecular flexibility index (Phi) is 6.99. The van der Waals surface area contributed by atoms with Crippen LogP contribution in [0.4, 0.5) is 14.6 Å². The third-order valence-corrected chi connectivity index (χ3v) is 7.64. The number of amides is 1. The summed E-state index contributed by atoms with van der Waals surface area (Å²) >= 11 is 1.24. The molecule has 11 heteroatoms. The summed E-state index contributed by atoms with van der Waals surface area (Å²) in [6, 6.07) is 11.1. The predicted octanol–water partition coefficient (Wildman–Crippen LogP) is 5.09. The standard InChI is InChI=1S/C30H22F2N6O2S/c1-3-18-6-4-7-19-8-5-9-20(24(18)19)26-25(32)27-21(17-34-26)28(36-30(35-27)40-2)37-11-13-38(14-12-37)29(39)22(31)16-23-33-10-15-41-23/h1,4-10,15-17H,11-14H2,2H3/b22-16-. The lowest BCUT2D eigenvalue weighted by Gasteiger charge is -2.35. The molecule has 1 aliphatic rings. The maximum Gasteiger partial charge on any atom is 0.318 e. The van der Waals surface area contributed by atoms with Gasteiger partial charge in [-0.1, -0.05) is 36.3 Å². The smallest absolute Gasteiger partial charge is 0.318 e. The largest absolute Gasteiger partial charge is 0.467 e. The van der Waals surface area contributed by atoms with Crippen molar-refractivity contribution in [2.45, 2.75) is 0 Å². The van der Waals surface area contributed by atoms with E-state index in [4.69, 9.17) is 11.2 Å². The second-order valence-electron chi connectivity index (χ2n) is 9.21. The van der Waals surface area contributed by atoms with Crippen LogP contribution in [-0.2, 0) is 4.79 Å². The summed E-state index contributed by atoms with van der Waals surface area (Å²) in [5.74, 6) is 0.881. The minimum absolute atomic E-state index is 0.0123. The zero-order chi connectivity index (χ0) is 28.5. The Hall–Kier alpha value is -4.95. The average molecular weight is 569 g/mol. The molecule has 6 rings (SSSR count). The number of anilines is 1. The Labute approximate surface area is 238 Å². The molecule has 8 nitrogen and oxygen atoms in total. The van der Waals surface area contributed by atoms with E-state index in [-0.39, 0.29) is 30.3 Å². The van der Waals surface area contributed by atoms with Crippen molar-refractivity contribution in [2.75, 3.05) is 38.2 Å². The Balaban J connectivity index is 1.34. The Morgan fingerprint density at radius 1 is 1.12 bits per heavy atom. The highest BCUT2D eigenvalue weighted by Gasteiger charge is 2.27. The SMILES string of the molecule is C#Cc1cccc2cccc(-c3ncc4c(N5CCN(C(=O)/C(F)=C/c6nccs6)CC5)nc(OC)nc4c3F)c12. The number of hydrogen-bond donors (Lipinski definition) is 0. The summed E-state index contributed by atoms with van der Waals surface area (Å²) in [4.78, 5) is 33.3. The van der Waals surface area contributed by atoms with E-state index < -0.39 is 17.6 Å². The Morgan fingerprint density at radius 3 is 2.61 bits per heavy atom. The maximum absolute atomic E-state index is 16.2. The number of benzene rings is 2. The summed E-state index contributed by atoms with van der Waals surface area (Å²) in [5, 5.41) is 4.10. The zero-order valence-electron chi connectivity index (χ0n) is 21.8. The molecule has 2 aromatic carbocycles. The van der Waals surface area contributed by atoms with Crippen LogP contribution in [0.5, 0.6) is 6.01 Å². The molecule has 1 fully saturated rings. The Bertz CT molecular complexity index is 1860. The lowest BCUT2D eigenvalue weighted by atomic mass is 9.97. The molecule has 0 spiro atoms. The topological polar surface area (TPSA) is 84.3 Å². The number of ether oxygens (including phenoxy) is 1. The number of nitrogens with zero attached hydrogens (tertiary/aromatic N) is 6. The highest BCUT2D eigenvalue weighted by Crippen LogP contribution is 2.36. The molecule has 0 radical (unpaired) electrons. The zero-order valence-corrected chi connectivity index (χ0v) is 22.7. The van der Waals surface area contributed by atoms with Gasteiger partial charge in [0.25, 0.3) is 5.91 Å². The normalized spacial score (nSPS) is 14.0. The molecule has 204 valence electrons. The molecule has 41 heavy (non-hydrogen) atoms. The van der Waals surface area contributed by atoms with Crippen LogP contribution < -0.4 is 9.64 Å². The molecule has 4 heterocycles. The highest BCUT2D eigenvalue weighted by molar-refractivity contribution is 7.10. The molecule has 0 unspecified atom stereocenters. The maximum atomic E-state index is 16.2. The molecule has 1 aliphatic heterocycles. The molecular weight excluding hydrogens is 546 g/mol. The number of halogens is 2. The van der Waals surface area contributed by atoms with Crippen molar-refractivity contribution < 1.29 is 18.3 Å². The van der Waals surface area contributed by atoms with Crippen molar-refractivity contribution in [3.05, 3.63) is 76.4 Å². The van der Waals surface area contributed by atoms with Crippen molar-refractivity contribution in [3.63, 3.8) is 0 Å². The molecular formula is C30H22F2N6O2S. The number of hydrogen-bond acceptors (Lipinski definition) is 8. The lowest BCUT2D eigenvalue weighted by molar-refractivity contribution is -0.128. The van der Waals surface area contributed by atoms with Crippen LogP contribution >= 0.6 is 11.3 Å².